The summed E-state index contributed by atoms with van der Waals surface area (Å²) in [7, 11) is 0. The molecular formula is C58H112O6. The minimum absolute atomic E-state index is 0.0645. The second kappa shape index (κ2) is 49.3. The summed E-state index contributed by atoms with van der Waals surface area (Å²) >= 11 is 0. The first-order chi connectivity index (χ1) is 31.1. The molecule has 6 heteroatoms. The van der Waals surface area contributed by atoms with Gasteiger partial charge in [-0.3, -0.25) is 14.4 Å². The number of carbonyl (C=O) groups is 3. The van der Waals surface area contributed by atoms with Gasteiger partial charge >= 0.3 is 17.9 Å². The summed E-state index contributed by atoms with van der Waals surface area (Å²) in [4.78, 5) is 38.0. The Morgan fingerprint density at radius 1 is 0.266 bits per heavy atom. The van der Waals surface area contributed by atoms with Gasteiger partial charge in [0.15, 0.2) is 6.10 Å². The maximum atomic E-state index is 12.8. The van der Waals surface area contributed by atoms with Crippen molar-refractivity contribution in [1.29, 1.82) is 0 Å². The number of ether oxygens (including phenoxy) is 3. The highest BCUT2D eigenvalue weighted by atomic mass is 16.6. The number of carbonyl (C=O) groups excluding carboxylic acids is 3. The molecule has 0 heterocycles. The molecule has 0 radical (unpaired) electrons. The number of hydrogen-bond donors (Lipinski definition) is 0. The monoisotopic (exact) mass is 905 g/mol. The third-order valence-corrected chi connectivity index (χ3v) is 13.1. The first-order valence-electron chi connectivity index (χ1n) is 28.6. The van der Waals surface area contributed by atoms with Gasteiger partial charge in [-0.1, -0.05) is 279 Å². The van der Waals surface area contributed by atoms with E-state index < -0.39 is 6.10 Å². The number of rotatable bonds is 51. The second-order valence-electron chi connectivity index (χ2n) is 21.4. The van der Waals surface area contributed by atoms with Crippen molar-refractivity contribution in [2.45, 2.75) is 324 Å². The molecule has 0 unspecified atom stereocenters. The van der Waals surface area contributed by atoms with Crippen LogP contribution in [-0.2, 0) is 28.6 Å². The maximum Gasteiger partial charge on any atom is 0.306 e. The number of esters is 3. The van der Waals surface area contributed by atoms with E-state index in [1.807, 2.05) is 0 Å². The Morgan fingerprint density at radius 3 is 0.672 bits per heavy atom. The highest BCUT2D eigenvalue weighted by Gasteiger charge is 2.19. The Balaban J connectivity index is 4.20. The minimum Gasteiger partial charge on any atom is -0.462 e. The lowest BCUT2D eigenvalue weighted by Gasteiger charge is -2.18. The van der Waals surface area contributed by atoms with Crippen molar-refractivity contribution in [3.05, 3.63) is 0 Å². The van der Waals surface area contributed by atoms with Gasteiger partial charge in [0, 0.05) is 19.3 Å². The van der Waals surface area contributed by atoms with Gasteiger partial charge in [0.2, 0.25) is 0 Å². The Kier molecular flexibility index (Phi) is 48.1. The minimum atomic E-state index is -0.763. The van der Waals surface area contributed by atoms with Gasteiger partial charge in [0.1, 0.15) is 13.2 Å². The van der Waals surface area contributed by atoms with Crippen LogP contribution in [0.5, 0.6) is 0 Å². The van der Waals surface area contributed by atoms with E-state index in [1.54, 1.807) is 0 Å². The van der Waals surface area contributed by atoms with Gasteiger partial charge in [-0.2, -0.15) is 0 Å². The van der Waals surface area contributed by atoms with E-state index in [2.05, 4.69) is 41.5 Å². The van der Waals surface area contributed by atoms with E-state index in [0.717, 1.165) is 75.5 Å². The maximum absolute atomic E-state index is 12.8. The van der Waals surface area contributed by atoms with Crippen molar-refractivity contribution in [3.63, 3.8) is 0 Å². The van der Waals surface area contributed by atoms with Gasteiger partial charge < -0.3 is 14.2 Å². The van der Waals surface area contributed by atoms with Gasteiger partial charge in [-0.15, -0.1) is 0 Å². The molecule has 0 aliphatic rings. The summed E-state index contributed by atoms with van der Waals surface area (Å²) in [5.74, 6) is 1.61. The van der Waals surface area contributed by atoms with Crippen LogP contribution in [0.4, 0.5) is 0 Å². The Hall–Kier alpha value is -1.59. The van der Waals surface area contributed by atoms with Crippen LogP contribution in [0.2, 0.25) is 0 Å². The van der Waals surface area contributed by atoms with Gasteiger partial charge in [0.25, 0.3) is 0 Å². The van der Waals surface area contributed by atoms with Crippen LogP contribution in [-0.4, -0.2) is 37.2 Å². The molecule has 0 aromatic heterocycles. The molecule has 0 fully saturated rings. The molecule has 0 saturated carbocycles. The molecule has 0 N–H and O–H groups in total. The molecular weight excluding hydrogens is 793 g/mol. The topological polar surface area (TPSA) is 78.9 Å². The van der Waals surface area contributed by atoms with Crippen molar-refractivity contribution in [2.24, 2.45) is 17.8 Å². The van der Waals surface area contributed by atoms with Gasteiger partial charge in [-0.05, 0) is 37.0 Å². The molecule has 0 aromatic rings. The average Bonchev–Trinajstić information content (AvgIpc) is 3.25. The van der Waals surface area contributed by atoms with E-state index >= 15 is 0 Å². The van der Waals surface area contributed by atoms with Crippen molar-refractivity contribution in [3.8, 4) is 0 Å². The molecule has 380 valence electrons. The molecule has 64 heavy (non-hydrogen) atoms. The van der Waals surface area contributed by atoms with E-state index in [4.69, 9.17) is 14.2 Å². The first kappa shape index (κ1) is 62.4. The molecule has 6 nitrogen and oxygen atoms in total. The van der Waals surface area contributed by atoms with Crippen LogP contribution in [0.15, 0.2) is 0 Å². The van der Waals surface area contributed by atoms with E-state index in [1.165, 1.54) is 199 Å². The first-order valence-corrected chi connectivity index (χ1v) is 28.6. The van der Waals surface area contributed by atoms with Crippen LogP contribution in [0, 0.1) is 17.8 Å². The number of unbranched alkanes of at least 4 members (excludes halogenated alkanes) is 34. The highest BCUT2D eigenvalue weighted by Crippen LogP contribution is 2.18. The third-order valence-electron chi connectivity index (χ3n) is 13.1. The summed E-state index contributed by atoms with van der Waals surface area (Å²) in [6.07, 6.45) is 51.2. The predicted octanol–water partition coefficient (Wildman–Crippen LogP) is 18.7. The molecule has 0 aliphatic heterocycles. The standard InChI is InChI=1S/C58H112O6/c1-52(2)44-38-32-26-22-18-14-11-9-7-8-10-12-16-21-25-29-37-43-49-58(61)64-55(51-63-57(60)48-42-36-31-30-34-40-46-54(5)6)50-62-56(59)47-41-35-28-24-20-17-13-15-19-23-27-33-39-45-53(3)4/h52-55H,7-51H2,1-6H3/t55-/m1/s1. The molecule has 0 aromatic carbocycles. The fourth-order valence-corrected chi connectivity index (χ4v) is 8.82. The van der Waals surface area contributed by atoms with Crippen LogP contribution in [0.25, 0.3) is 0 Å². The fraction of sp³-hybridized carbons (Fsp3) is 0.948. The summed E-state index contributed by atoms with van der Waals surface area (Å²) < 4.78 is 16.8. The average molecular weight is 906 g/mol. The zero-order valence-electron chi connectivity index (χ0n) is 44.1. The molecule has 0 amide bonds. The van der Waals surface area contributed by atoms with Crippen LogP contribution >= 0.6 is 0 Å². The summed E-state index contributed by atoms with van der Waals surface area (Å²) in [6.45, 7) is 13.7. The molecule has 0 rings (SSSR count). The number of hydrogen-bond acceptors (Lipinski definition) is 6. The molecule has 1 atom stereocenters. The molecule has 0 aliphatic carbocycles. The van der Waals surface area contributed by atoms with Gasteiger partial charge in [-0.25, -0.2) is 0 Å². The predicted molar refractivity (Wildman–Crippen MR) is 275 cm³/mol. The third kappa shape index (κ3) is 51.4. The second-order valence-corrected chi connectivity index (χ2v) is 21.4. The Morgan fingerprint density at radius 2 is 0.453 bits per heavy atom. The normalized spacial score (nSPS) is 12.1. The Bertz CT molecular complexity index is 991. The summed E-state index contributed by atoms with van der Waals surface area (Å²) in [5, 5.41) is 0. The summed E-state index contributed by atoms with van der Waals surface area (Å²) in [6, 6.07) is 0. The summed E-state index contributed by atoms with van der Waals surface area (Å²) in [5.41, 5.74) is 0. The fourth-order valence-electron chi connectivity index (χ4n) is 8.82. The van der Waals surface area contributed by atoms with E-state index in [-0.39, 0.29) is 31.1 Å². The van der Waals surface area contributed by atoms with Gasteiger partial charge in [0.05, 0.1) is 0 Å². The smallest absolute Gasteiger partial charge is 0.306 e. The zero-order chi connectivity index (χ0) is 47.0. The Labute approximate surface area is 399 Å². The SMILES string of the molecule is CC(C)CCCCCCCCCCCCCCCCCCCCC(=O)O[C@H](COC(=O)CCCCCCCCCCCCCCCC(C)C)COC(=O)CCCCCCCCC(C)C. The quantitative estimate of drug-likeness (QED) is 0.0344. The lowest BCUT2D eigenvalue weighted by molar-refractivity contribution is -0.167. The van der Waals surface area contributed by atoms with Crippen molar-refractivity contribution in [1.82, 2.24) is 0 Å². The highest BCUT2D eigenvalue weighted by molar-refractivity contribution is 5.71. The molecule has 0 saturated heterocycles. The van der Waals surface area contributed by atoms with Crippen molar-refractivity contribution < 1.29 is 28.6 Å². The lowest BCUT2D eigenvalue weighted by Crippen LogP contribution is -2.30. The largest absolute Gasteiger partial charge is 0.462 e. The van der Waals surface area contributed by atoms with Crippen LogP contribution < -0.4 is 0 Å². The van der Waals surface area contributed by atoms with Crippen LogP contribution in [0.3, 0.4) is 0 Å². The van der Waals surface area contributed by atoms with E-state index in [9.17, 15) is 14.4 Å². The zero-order valence-corrected chi connectivity index (χ0v) is 44.1. The van der Waals surface area contributed by atoms with E-state index in [0.29, 0.717) is 19.3 Å². The van der Waals surface area contributed by atoms with Crippen molar-refractivity contribution in [2.75, 3.05) is 13.2 Å². The van der Waals surface area contributed by atoms with Crippen molar-refractivity contribution >= 4 is 17.9 Å². The molecule has 0 spiro atoms. The lowest BCUT2D eigenvalue weighted by atomic mass is 10.0. The van der Waals surface area contributed by atoms with Crippen LogP contribution in [0.1, 0.15) is 318 Å². The molecule has 0 bridgehead atoms.